The van der Waals surface area contributed by atoms with E-state index in [1.54, 1.807) is 38.1 Å². The van der Waals surface area contributed by atoms with E-state index in [4.69, 9.17) is 9.15 Å². The van der Waals surface area contributed by atoms with E-state index in [1.807, 2.05) is 13.8 Å². The summed E-state index contributed by atoms with van der Waals surface area (Å²) in [5, 5.41) is 10.4. The molecule has 1 amide bonds. The number of phenols is 1. The number of benzene rings is 2. The maximum absolute atomic E-state index is 13.7. The molecule has 1 atom stereocenters. The summed E-state index contributed by atoms with van der Waals surface area (Å²) in [5.41, 5.74) is 3.11. The van der Waals surface area contributed by atoms with E-state index in [0.717, 1.165) is 22.5 Å². The first-order chi connectivity index (χ1) is 16.7. The summed E-state index contributed by atoms with van der Waals surface area (Å²) in [5.74, 6) is -1.06. The smallest absolute Gasteiger partial charge is 0.350 e. The molecule has 1 aliphatic heterocycles. The lowest BCUT2D eigenvalue weighted by molar-refractivity contribution is 0.0531. The van der Waals surface area contributed by atoms with Gasteiger partial charge in [-0.25, -0.2) is 9.78 Å². The molecule has 0 fully saturated rings. The minimum Gasteiger partial charge on any atom is -0.508 e. The zero-order valence-corrected chi connectivity index (χ0v) is 20.4. The third kappa shape index (κ3) is 3.59. The Hall–Kier alpha value is -3.98. The van der Waals surface area contributed by atoms with Gasteiger partial charge in [0.1, 0.15) is 16.2 Å². The van der Waals surface area contributed by atoms with Gasteiger partial charge in [-0.15, -0.1) is 0 Å². The first kappa shape index (κ1) is 22.8. The van der Waals surface area contributed by atoms with Crippen LogP contribution in [0.5, 0.6) is 5.75 Å². The predicted octanol–water partition coefficient (Wildman–Crippen LogP) is 4.81. The Morgan fingerprint density at radius 2 is 1.83 bits per heavy atom. The number of fused-ring (bicyclic) bond motifs is 2. The SMILES string of the molecule is CCOC(=O)c1sc(N2C(=O)c3oc4cc(C)c(C)cc4c(=O)c3C2c2ccc(O)cc2)nc1C. The molecule has 0 spiro atoms. The van der Waals surface area contributed by atoms with E-state index in [0.29, 0.717) is 22.2 Å². The number of amides is 1. The number of aryl methyl sites for hydroxylation is 3. The number of rotatable bonds is 4. The van der Waals surface area contributed by atoms with Crippen LogP contribution in [0.3, 0.4) is 0 Å². The molecule has 0 bridgehead atoms. The van der Waals surface area contributed by atoms with Gasteiger partial charge in [-0.05, 0) is 68.7 Å². The average molecular weight is 491 g/mol. The summed E-state index contributed by atoms with van der Waals surface area (Å²) in [7, 11) is 0. The van der Waals surface area contributed by atoms with Crippen LogP contribution in [0.1, 0.15) is 61.1 Å². The van der Waals surface area contributed by atoms with E-state index in [9.17, 15) is 19.5 Å². The molecule has 178 valence electrons. The number of ether oxygens (including phenoxy) is 1. The van der Waals surface area contributed by atoms with Gasteiger partial charge >= 0.3 is 5.97 Å². The van der Waals surface area contributed by atoms with Gasteiger partial charge in [0, 0.05) is 0 Å². The summed E-state index contributed by atoms with van der Waals surface area (Å²) < 4.78 is 11.2. The molecule has 1 N–H and O–H groups in total. The number of aromatic nitrogens is 1. The summed E-state index contributed by atoms with van der Waals surface area (Å²) in [6.07, 6.45) is 0. The van der Waals surface area contributed by atoms with Gasteiger partial charge in [0.2, 0.25) is 5.76 Å². The van der Waals surface area contributed by atoms with Crippen LogP contribution in [0.4, 0.5) is 5.13 Å². The Balaban J connectivity index is 1.76. The molecule has 3 heterocycles. The first-order valence-electron chi connectivity index (χ1n) is 11.1. The van der Waals surface area contributed by atoms with Crippen molar-refractivity contribution in [2.24, 2.45) is 0 Å². The first-order valence-corrected chi connectivity index (χ1v) is 11.9. The van der Waals surface area contributed by atoms with Crippen molar-refractivity contribution in [3.8, 4) is 5.75 Å². The Kier molecular flexibility index (Phi) is 5.44. The van der Waals surface area contributed by atoms with Gasteiger partial charge < -0.3 is 14.3 Å². The van der Waals surface area contributed by atoms with Crippen LogP contribution in [-0.2, 0) is 4.74 Å². The molecule has 35 heavy (non-hydrogen) atoms. The number of hydrogen-bond donors (Lipinski definition) is 1. The van der Waals surface area contributed by atoms with Crippen molar-refractivity contribution in [1.29, 1.82) is 0 Å². The highest BCUT2D eigenvalue weighted by Crippen LogP contribution is 2.43. The van der Waals surface area contributed by atoms with Crippen molar-refractivity contribution in [3.63, 3.8) is 0 Å². The molecule has 1 unspecified atom stereocenters. The lowest BCUT2D eigenvalue weighted by Gasteiger charge is -2.22. The largest absolute Gasteiger partial charge is 0.508 e. The van der Waals surface area contributed by atoms with Crippen molar-refractivity contribution in [1.82, 2.24) is 4.98 Å². The minimum absolute atomic E-state index is 0.0520. The number of esters is 1. The number of nitrogens with zero attached hydrogens (tertiary/aromatic N) is 2. The van der Waals surface area contributed by atoms with Crippen molar-refractivity contribution in [2.45, 2.75) is 33.7 Å². The van der Waals surface area contributed by atoms with Crippen molar-refractivity contribution in [2.75, 3.05) is 11.5 Å². The second-order valence-corrected chi connectivity index (χ2v) is 9.38. The van der Waals surface area contributed by atoms with E-state index >= 15 is 0 Å². The van der Waals surface area contributed by atoms with Crippen LogP contribution in [0.15, 0.2) is 45.6 Å². The van der Waals surface area contributed by atoms with Crippen LogP contribution >= 0.6 is 11.3 Å². The summed E-state index contributed by atoms with van der Waals surface area (Å²) in [6.45, 7) is 7.40. The maximum atomic E-state index is 13.7. The Morgan fingerprint density at radius 3 is 2.51 bits per heavy atom. The third-order valence-electron chi connectivity index (χ3n) is 6.15. The second kappa shape index (κ2) is 8.35. The van der Waals surface area contributed by atoms with Gasteiger partial charge in [0.05, 0.1) is 29.3 Å². The van der Waals surface area contributed by atoms with E-state index < -0.39 is 17.9 Å². The molecule has 2 aromatic carbocycles. The van der Waals surface area contributed by atoms with Crippen LogP contribution in [-0.4, -0.2) is 28.6 Å². The molecule has 0 saturated heterocycles. The second-order valence-electron chi connectivity index (χ2n) is 8.41. The van der Waals surface area contributed by atoms with Gasteiger partial charge in [-0.2, -0.15) is 0 Å². The fourth-order valence-electron chi connectivity index (χ4n) is 4.27. The lowest BCUT2D eigenvalue weighted by Crippen LogP contribution is -2.29. The molecule has 4 aromatic rings. The number of hydrogen-bond acceptors (Lipinski definition) is 8. The van der Waals surface area contributed by atoms with Gasteiger partial charge in [-0.1, -0.05) is 23.5 Å². The highest BCUT2D eigenvalue weighted by Gasteiger charge is 2.45. The lowest BCUT2D eigenvalue weighted by atomic mass is 9.97. The molecular weight excluding hydrogens is 468 g/mol. The molecule has 8 nitrogen and oxygen atoms in total. The molecule has 1 aliphatic rings. The zero-order valence-electron chi connectivity index (χ0n) is 19.5. The number of carbonyl (C=O) groups is 2. The topological polar surface area (TPSA) is 110 Å². The number of thiazole rings is 1. The van der Waals surface area contributed by atoms with Crippen LogP contribution in [0.25, 0.3) is 11.0 Å². The number of phenolic OH excluding ortho intramolecular Hbond substituents is 1. The Bertz CT molecular complexity index is 1570. The Labute approximate surface area is 204 Å². The number of carbonyl (C=O) groups excluding carboxylic acids is 2. The molecular formula is C26H22N2O6S. The fraction of sp³-hybridized carbons (Fsp3) is 0.231. The van der Waals surface area contributed by atoms with E-state index in [1.165, 1.54) is 17.0 Å². The quantitative estimate of drug-likeness (QED) is 0.409. The molecule has 0 saturated carbocycles. The Morgan fingerprint density at radius 1 is 1.14 bits per heavy atom. The highest BCUT2D eigenvalue weighted by molar-refractivity contribution is 7.17. The maximum Gasteiger partial charge on any atom is 0.350 e. The van der Waals surface area contributed by atoms with Crippen LogP contribution < -0.4 is 10.3 Å². The highest BCUT2D eigenvalue weighted by atomic mass is 32.1. The number of aromatic hydroxyl groups is 1. The molecule has 5 rings (SSSR count). The average Bonchev–Trinajstić information content (AvgIpc) is 3.34. The van der Waals surface area contributed by atoms with Gasteiger partial charge in [0.15, 0.2) is 10.6 Å². The van der Waals surface area contributed by atoms with E-state index in [-0.39, 0.29) is 39.1 Å². The summed E-state index contributed by atoms with van der Waals surface area (Å²) >= 11 is 1.02. The molecule has 9 heteroatoms. The van der Waals surface area contributed by atoms with Gasteiger partial charge in [-0.3, -0.25) is 14.5 Å². The standard InChI is InChI=1S/C26H22N2O6S/c1-5-33-25(32)23-14(4)27-26(35-23)28-20(15-6-8-16(29)9-7-15)19-21(30)17-10-12(2)13(3)11-18(17)34-22(19)24(28)31/h6-11,20,29H,5H2,1-4H3. The summed E-state index contributed by atoms with van der Waals surface area (Å²) in [4.78, 5) is 46.0. The number of anilines is 1. The summed E-state index contributed by atoms with van der Waals surface area (Å²) in [6, 6.07) is 8.94. The van der Waals surface area contributed by atoms with Crippen molar-refractivity contribution in [3.05, 3.63) is 85.2 Å². The monoisotopic (exact) mass is 490 g/mol. The third-order valence-corrected chi connectivity index (χ3v) is 7.28. The normalized spacial score (nSPS) is 15.0. The van der Waals surface area contributed by atoms with Gasteiger partial charge in [0.25, 0.3) is 5.91 Å². The molecule has 0 radical (unpaired) electrons. The fourth-order valence-corrected chi connectivity index (χ4v) is 5.26. The molecule has 0 aliphatic carbocycles. The van der Waals surface area contributed by atoms with Crippen LogP contribution in [0.2, 0.25) is 0 Å². The van der Waals surface area contributed by atoms with Crippen LogP contribution in [0, 0.1) is 20.8 Å². The van der Waals surface area contributed by atoms with Crippen molar-refractivity contribution >= 4 is 39.3 Å². The minimum atomic E-state index is -0.846. The zero-order chi connectivity index (χ0) is 25.0. The predicted molar refractivity (Wildman–Crippen MR) is 132 cm³/mol. The van der Waals surface area contributed by atoms with E-state index in [2.05, 4.69) is 4.98 Å². The van der Waals surface area contributed by atoms with Crippen molar-refractivity contribution < 1.29 is 23.8 Å². The molecule has 2 aromatic heterocycles.